The van der Waals surface area contributed by atoms with Crippen molar-refractivity contribution in [1.82, 2.24) is 4.90 Å². The van der Waals surface area contributed by atoms with Gasteiger partial charge < -0.3 is 10.1 Å². The lowest BCUT2D eigenvalue weighted by atomic mass is 9.81. The molecule has 1 saturated heterocycles. The molecule has 2 aromatic carbocycles. The highest BCUT2D eigenvalue weighted by molar-refractivity contribution is 9.10. The summed E-state index contributed by atoms with van der Waals surface area (Å²) in [6, 6.07) is 13.0. The van der Waals surface area contributed by atoms with E-state index in [2.05, 4.69) is 21.2 Å². The van der Waals surface area contributed by atoms with E-state index >= 15 is 0 Å². The van der Waals surface area contributed by atoms with Crippen LogP contribution in [-0.2, 0) is 30.3 Å². The minimum Gasteiger partial charge on any atom is -0.454 e. The highest BCUT2D eigenvalue weighted by atomic mass is 79.9. The number of halogens is 2. The van der Waals surface area contributed by atoms with E-state index < -0.39 is 24.5 Å². The second-order valence-corrected chi connectivity index (χ2v) is 10.7. The SMILES string of the molecule is O=C(COC(=O)[C@@H](Cc1ccccc1)N1C(=O)[C@@H]2[C@H]3CC[C@@H](C3)[C@@H]2C1=O)Nc1ccc(Br)cc1Cl. The summed E-state index contributed by atoms with van der Waals surface area (Å²) in [5.74, 6) is -2.17. The van der Waals surface area contributed by atoms with Gasteiger partial charge in [-0.15, -0.1) is 0 Å². The second kappa shape index (κ2) is 9.74. The average molecular weight is 560 g/mol. The standard InChI is InChI=1S/C26H24BrClN2O5/c27-17-8-9-19(18(28)12-17)29-21(31)13-35-26(34)20(10-14-4-2-1-3-5-14)30-24(32)22-15-6-7-16(11-15)23(22)25(30)33/h1-5,8-9,12,15-16,20,22-23H,6-7,10-11,13H2,(H,29,31)/t15-,16-,20+,22-,23+/m0/s1. The van der Waals surface area contributed by atoms with Crippen LogP contribution in [0.2, 0.25) is 5.02 Å². The van der Waals surface area contributed by atoms with Crippen LogP contribution in [-0.4, -0.2) is 41.2 Å². The van der Waals surface area contributed by atoms with Crippen molar-refractivity contribution in [3.05, 3.63) is 63.6 Å². The van der Waals surface area contributed by atoms with E-state index in [1.165, 1.54) is 0 Å². The first-order chi connectivity index (χ1) is 16.8. The Hall–Kier alpha value is -2.71. The van der Waals surface area contributed by atoms with Crippen LogP contribution < -0.4 is 5.32 Å². The number of likely N-dealkylation sites (tertiary alicyclic amines) is 1. The van der Waals surface area contributed by atoms with Crippen LogP contribution in [0, 0.1) is 23.7 Å². The number of fused-ring (bicyclic) bond motifs is 5. The van der Waals surface area contributed by atoms with Gasteiger partial charge in [0.1, 0.15) is 6.04 Å². The summed E-state index contributed by atoms with van der Waals surface area (Å²) in [6.07, 6.45) is 2.94. The van der Waals surface area contributed by atoms with Crippen LogP contribution in [0.3, 0.4) is 0 Å². The normalized spacial score (nSPS) is 25.5. The highest BCUT2D eigenvalue weighted by Gasteiger charge is 2.62. The molecule has 1 aliphatic heterocycles. The van der Waals surface area contributed by atoms with Crippen LogP contribution in [0.5, 0.6) is 0 Å². The van der Waals surface area contributed by atoms with Crippen molar-refractivity contribution < 1.29 is 23.9 Å². The number of carbonyl (C=O) groups excluding carboxylic acids is 4. The molecule has 2 aliphatic carbocycles. The maximum Gasteiger partial charge on any atom is 0.330 e. The third-order valence-electron chi connectivity index (χ3n) is 7.37. The fourth-order valence-corrected chi connectivity index (χ4v) is 6.59. The van der Waals surface area contributed by atoms with Crippen molar-refractivity contribution in [3.63, 3.8) is 0 Å². The zero-order chi connectivity index (χ0) is 24.7. The van der Waals surface area contributed by atoms with Gasteiger partial charge in [-0.3, -0.25) is 19.3 Å². The van der Waals surface area contributed by atoms with E-state index in [1.54, 1.807) is 18.2 Å². The van der Waals surface area contributed by atoms with Gasteiger partial charge in [0.15, 0.2) is 6.61 Å². The summed E-state index contributed by atoms with van der Waals surface area (Å²) in [6.45, 7) is -0.565. The molecule has 0 spiro atoms. The number of amides is 3. The zero-order valence-electron chi connectivity index (χ0n) is 18.8. The smallest absolute Gasteiger partial charge is 0.330 e. The average Bonchev–Trinajstić information content (AvgIpc) is 3.52. The lowest BCUT2D eigenvalue weighted by Gasteiger charge is -2.26. The van der Waals surface area contributed by atoms with Gasteiger partial charge in [0.05, 0.1) is 22.5 Å². The first kappa shape index (κ1) is 24.0. The zero-order valence-corrected chi connectivity index (χ0v) is 21.1. The van der Waals surface area contributed by atoms with E-state index in [0.717, 1.165) is 34.2 Å². The quantitative estimate of drug-likeness (QED) is 0.405. The van der Waals surface area contributed by atoms with E-state index in [-0.39, 0.29) is 41.9 Å². The number of imide groups is 1. The van der Waals surface area contributed by atoms with Gasteiger partial charge in [-0.25, -0.2) is 4.79 Å². The van der Waals surface area contributed by atoms with E-state index in [1.807, 2.05) is 30.3 Å². The maximum atomic E-state index is 13.4. The largest absolute Gasteiger partial charge is 0.454 e. The molecule has 3 aliphatic rings. The number of anilines is 1. The van der Waals surface area contributed by atoms with Crippen molar-refractivity contribution in [2.45, 2.75) is 31.7 Å². The number of rotatable bonds is 7. The first-order valence-corrected chi connectivity index (χ1v) is 12.8. The molecular formula is C26H24BrClN2O5. The molecule has 35 heavy (non-hydrogen) atoms. The minimum atomic E-state index is -1.12. The summed E-state index contributed by atoms with van der Waals surface area (Å²) >= 11 is 9.44. The Morgan fingerprint density at radius 2 is 1.71 bits per heavy atom. The van der Waals surface area contributed by atoms with Crippen molar-refractivity contribution in [3.8, 4) is 0 Å². The fourth-order valence-electron chi connectivity index (χ4n) is 5.87. The second-order valence-electron chi connectivity index (χ2n) is 9.42. The summed E-state index contributed by atoms with van der Waals surface area (Å²) in [4.78, 5) is 53.5. The molecule has 2 saturated carbocycles. The van der Waals surface area contributed by atoms with Crippen molar-refractivity contribution >= 4 is 56.9 Å². The predicted octanol–water partition coefficient (Wildman–Crippen LogP) is 4.23. The number of hydrogen-bond donors (Lipinski definition) is 1. The van der Waals surface area contributed by atoms with Gasteiger partial charge in [-0.05, 0) is 54.9 Å². The van der Waals surface area contributed by atoms with E-state index in [4.69, 9.17) is 16.3 Å². The number of hydrogen-bond acceptors (Lipinski definition) is 5. The minimum absolute atomic E-state index is 0.131. The Labute approximate surface area is 216 Å². The highest BCUT2D eigenvalue weighted by Crippen LogP contribution is 2.56. The molecule has 0 radical (unpaired) electrons. The number of benzene rings is 2. The van der Waals surface area contributed by atoms with Crippen molar-refractivity contribution in [1.29, 1.82) is 0 Å². The summed E-state index contributed by atoms with van der Waals surface area (Å²) in [5.41, 5.74) is 1.17. The fraction of sp³-hybridized carbons (Fsp3) is 0.385. The van der Waals surface area contributed by atoms with Crippen LogP contribution in [0.25, 0.3) is 0 Å². The number of nitrogens with one attached hydrogen (secondary N) is 1. The lowest BCUT2D eigenvalue weighted by molar-refractivity contribution is -0.160. The van der Waals surface area contributed by atoms with Gasteiger partial charge in [-0.1, -0.05) is 57.9 Å². The van der Waals surface area contributed by atoms with Crippen LogP contribution >= 0.6 is 27.5 Å². The number of nitrogens with zero attached hydrogens (tertiary/aromatic N) is 1. The van der Waals surface area contributed by atoms with Gasteiger partial charge in [-0.2, -0.15) is 0 Å². The third kappa shape index (κ3) is 4.61. The molecule has 5 atom stereocenters. The molecule has 2 aromatic rings. The molecule has 3 fully saturated rings. The van der Waals surface area contributed by atoms with Gasteiger partial charge >= 0.3 is 5.97 Å². The number of esters is 1. The molecule has 9 heteroatoms. The van der Waals surface area contributed by atoms with Crippen LogP contribution in [0.15, 0.2) is 53.0 Å². The summed E-state index contributed by atoms with van der Waals surface area (Å²) < 4.78 is 6.08. The predicted molar refractivity (Wildman–Crippen MR) is 132 cm³/mol. The topological polar surface area (TPSA) is 92.8 Å². The van der Waals surface area contributed by atoms with Gasteiger partial charge in [0.2, 0.25) is 11.8 Å². The van der Waals surface area contributed by atoms with Crippen molar-refractivity contribution in [2.75, 3.05) is 11.9 Å². The first-order valence-electron chi connectivity index (χ1n) is 11.7. The Morgan fingerprint density at radius 3 is 2.34 bits per heavy atom. The number of carbonyl (C=O) groups is 4. The Kier molecular flexibility index (Phi) is 6.68. The number of ether oxygens (including phenoxy) is 1. The molecule has 0 unspecified atom stereocenters. The molecule has 2 bridgehead atoms. The Bertz CT molecular complexity index is 1160. The molecular weight excluding hydrogens is 536 g/mol. The maximum absolute atomic E-state index is 13.4. The third-order valence-corrected chi connectivity index (χ3v) is 8.17. The lowest BCUT2D eigenvalue weighted by Crippen LogP contribution is -2.48. The van der Waals surface area contributed by atoms with E-state index in [9.17, 15) is 19.2 Å². The molecule has 7 nitrogen and oxygen atoms in total. The van der Waals surface area contributed by atoms with Crippen molar-refractivity contribution in [2.24, 2.45) is 23.7 Å². The Morgan fingerprint density at radius 1 is 1.06 bits per heavy atom. The molecule has 5 rings (SSSR count). The van der Waals surface area contributed by atoms with Crippen LogP contribution in [0.4, 0.5) is 5.69 Å². The molecule has 1 N–H and O–H groups in total. The molecule has 182 valence electrons. The van der Waals surface area contributed by atoms with Crippen LogP contribution in [0.1, 0.15) is 24.8 Å². The molecule has 3 amide bonds. The van der Waals surface area contributed by atoms with Gasteiger partial charge in [0.25, 0.3) is 5.91 Å². The molecule has 1 heterocycles. The van der Waals surface area contributed by atoms with Gasteiger partial charge in [0, 0.05) is 10.9 Å². The van der Waals surface area contributed by atoms with E-state index in [0.29, 0.717) is 10.7 Å². The summed E-state index contributed by atoms with van der Waals surface area (Å²) in [7, 11) is 0. The molecule has 0 aromatic heterocycles. The Balaban J connectivity index is 1.31. The monoisotopic (exact) mass is 558 g/mol. The summed E-state index contributed by atoms with van der Waals surface area (Å²) in [5, 5.41) is 2.93.